The third-order valence-electron chi connectivity index (χ3n) is 6.64. The summed E-state index contributed by atoms with van der Waals surface area (Å²) in [5.74, 6) is 0.567. The van der Waals surface area contributed by atoms with Gasteiger partial charge in [-0.25, -0.2) is 9.78 Å². The molecule has 8 nitrogen and oxygen atoms in total. The predicted octanol–water partition coefficient (Wildman–Crippen LogP) is 7.19. The maximum Gasteiger partial charge on any atom is 0.337 e. The van der Waals surface area contributed by atoms with Crippen LogP contribution in [0.15, 0.2) is 78.0 Å². The second kappa shape index (κ2) is 12.2. The topological polar surface area (TPSA) is 111 Å². The third kappa shape index (κ3) is 6.17. The van der Waals surface area contributed by atoms with Crippen molar-refractivity contribution in [3.63, 3.8) is 0 Å². The van der Waals surface area contributed by atoms with Gasteiger partial charge in [-0.3, -0.25) is 0 Å². The molecule has 1 unspecified atom stereocenters. The fraction of sp³-hybridized carbons (Fsp3) is 0.167. The lowest BCUT2D eigenvalue weighted by atomic mass is 9.81. The highest BCUT2D eigenvalue weighted by molar-refractivity contribution is 7.71. The fourth-order valence-electron chi connectivity index (χ4n) is 4.68. The van der Waals surface area contributed by atoms with Gasteiger partial charge in [0.25, 0.3) is 0 Å². The van der Waals surface area contributed by atoms with E-state index >= 15 is 0 Å². The zero-order valence-corrected chi connectivity index (χ0v) is 24.5. The van der Waals surface area contributed by atoms with Gasteiger partial charge in [-0.05, 0) is 54.5 Å². The van der Waals surface area contributed by atoms with Crippen molar-refractivity contribution in [2.75, 3.05) is 18.2 Å². The van der Waals surface area contributed by atoms with E-state index < -0.39 is 11.9 Å². The van der Waals surface area contributed by atoms with E-state index in [1.54, 1.807) is 44.4 Å². The molecule has 0 spiro atoms. The Balaban J connectivity index is 1.51. The van der Waals surface area contributed by atoms with Gasteiger partial charge < -0.3 is 30.2 Å². The number of allylic oxidation sites excluding steroid dienone is 1. The maximum atomic E-state index is 13.6. The molecule has 0 bridgehead atoms. The number of anilines is 2. The predicted molar refractivity (Wildman–Crippen MR) is 162 cm³/mol. The van der Waals surface area contributed by atoms with Gasteiger partial charge in [0, 0.05) is 26.9 Å². The summed E-state index contributed by atoms with van der Waals surface area (Å²) in [6.45, 7) is 2.10. The van der Waals surface area contributed by atoms with Crippen LogP contribution in [-0.2, 0) is 22.7 Å². The smallest absolute Gasteiger partial charge is 0.337 e. The van der Waals surface area contributed by atoms with Crippen LogP contribution in [0.3, 0.4) is 0 Å². The van der Waals surface area contributed by atoms with E-state index in [9.17, 15) is 4.79 Å². The van der Waals surface area contributed by atoms with Crippen molar-refractivity contribution in [1.82, 2.24) is 9.97 Å². The van der Waals surface area contributed by atoms with Crippen molar-refractivity contribution in [2.45, 2.75) is 26.1 Å². The van der Waals surface area contributed by atoms with Gasteiger partial charge >= 0.3 is 5.97 Å². The van der Waals surface area contributed by atoms with Crippen molar-refractivity contribution in [3.8, 4) is 11.5 Å². The van der Waals surface area contributed by atoms with Gasteiger partial charge in [0.1, 0.15) is 24.8 Å². The number of rotatable bonds is 8. The molecule has 4 N–H and O–H groups in total. The average Bonchev–Trinajstić information content (AvgIpc) is 2.95. The van der Waals surface area contributed by atoms with Gasteiger partial charge in [-0.15, -0.1) is 0 Å². The van der Waals surface area contributed by atoms with E-state index in [0.717, 1.165) is 11.1 Å². The highest BCUT2D eigenvalue weighted by Crippen LogP contribution is 2.45. The standard InChI is InChI=1S/C30H26Cl2N4O4S/c1-16-24(29(37)40-14-17-6-4-3-5-7-17)25(26-27(33)35-30(41)36-28(26)34-16)18-9-11-22(23(12-18)38-2)39-15-19-8-10-20(31)13-21(19)32/h3-13,25H,14-15H2,1-2H3,(H4,33,34,35,36,41). The molecule has 1 aliphatic heterocycles. The number of aromatic nitrogens is 2. The Hall–Kier alpha value is -4.05. The average molecular weight is 610 g/mol. The molecular formula is C30H26Cl2N4O4S. The lowest BCUT2D eigenvalue weighted by Gasteiger charge is -2.30. The number of nitrogens with one attached hydrogen (secondary N) is 2. The minimum Gasteiger partial charge on any atom is -0.493 e. The summed E-state index contributed by atoms with van der Waals surface area (Å²) in [5.41, 5.74) is 10.3. The summed E-state index contributed by atoms with van der Waals surface area (Å²) in [6.07, 6.45) is 0. The Morgan fingerprint density at radius 3 is 2.56 bits per heavy atom. The van der Waals surface area contributed by atoms with E-state index in [4.69, 9.17) is 55.4 Å². The number of fused-ring (bicyclic) bond motifs is 1. The van der Waals surface area contributed by atoms with E-state index in [0.29, 0.717) is 49.8 Å². The second-order valence-electron chi connectivity index (χ2n) is 9.31. The summed E-state index contributed by atoms with van der Waals surface area (Å²) >= 11 is 17.6. The van der Waals surface area contributed by atoms with E-state index in [2.05, 4.69) is 15.3 Å². The molecule has 0 saturated carbocycles. The van der Waals surface area contributed by atoms with Crippen LogP contribution in [0, 0.1) is 4.77 Å². The Labute approximate surface area is 252 Å². The number of benzene rings is 3. The molecule has 0 amide bonds. The molecule has 0 saturated heterocycles. The molecule has 1 aromatic heterocycles. The van der Waals surface area contributed by atoms with Crippen LogP contribution in [0.5, 0.6) is 11.5 Å². The molecule has 3 aromatic carbocycles. The summed E-state index contributed by atoms with van der Waals surface area (Å²) in [7, 11) is 1.54. The quantitative estimate of drug-likeness (QED) is 0.142. The first kappa shape index (κ1) is 28.5. The normalized spacial score (nSPS) is 14.2. The lowest BCUT2D eigenvalue weighted by molar-refractivity contribution is -0.140. The Kier molecular flexibility index (Phi) is 8.49. The molecule has 0 aliphatic carbocycles. The fourth-order valence-corrected chi connectivity index (χ4v) is 5.34. The number of halogens is 2. The Morgan fingerprint density at radius 2 is 1.83 bits per heavy atom. The van der Waals surface area contributed by atoms with Crippen molar-refractivity contribution in [3.05, 3.63) is 115 Å². The SMILES string of the molecule is COc1cc(C2C(C(=O)OCc3ccccc3)=C(C)Nc3nc(=S)[nH]c(N)c32)ccc1OCc1ccc(Cl)cc1Cl. The number of hydrogen-bond donors (Lipinski definition) is 3. The first-order valence-electron chi connectivity index (χ1n) is 12.6. The number of aromatic amines is 1. The van der Waals surface area contributed by atoms with Crippen molar-refractivity contribution >= 4 is 53.0 Å². The molecule has 41 heavy (non-hydrogen) atoms. The monoisotopic (exact) mass is 608 g/mol. The number of nitrogens with zero attached hydrogens (tertiary/aromatic N) is 1. The summed E-state index contributed by atoms with van der Waals surface area (Å²) in [4.78, 5) is 20.9. The number of carbonyl (C=O) groups is 1. The van der Waals surface area contributed by atoms with Crippen LogP contribution in [-0.4, -0.2) is 23.0 Å². The number of nitrogen functional groups attached to an aromatic ring is 1. The number of ether oxygens (including phenoxy) is 3. The number of H-pyrrole nitrogens is 1. The largest absolute Gasteiger partial charge is 0.493 e. The van der Waals surface area contributed by atoms with Crippen LogP contribution < -0.4 is 20.5 Å². The summed E-state index contributed by atoms with van der Waals surface area (Å²) in [6, 6.07) is 20.1. The number of methoxy groups -OCH3 is 1. The molecule has 0 radical (unpaired) electrons. The van der Waals surface area contributed by atoms with Crippen molar-refractivity contribution < 1.29 is 19.0 Å². The minimum atomic E-state index is -0.637. The number of nitrogens with two attached hydrogens (primary N) is 1. The summed E-state index contributed by atoms with van der Waals surface area (Å²) in [5, 5.41) is 4.22. The molecule has 4 aromatic rings. The lowest BCUT2D eigenvalue weighted by Crippen LogP contribution is -2.26. The van der Waals surface area contributed by atoms with Gasteiger partial charge in [0.2, 0.25) is 0 Å². The zero-order valence-electron chi connectivity index (χ0n) is 22.2. The maximum absolute atomic E-state index is 13.6. The highest BCUT2D eigenvalue weighted by atomic mass is 35.5. The number of esters is 1. The third-order valence-corrected chi connectivity index (χ3v) is 7.42. The van der Waals surface area contributed by atoms with Gasteiger partial charge in [-0.2, -0.15) is 0 Å². The second-order valence-corrected chi connectivity index (χ2v) is 10.5. The molecule has 5 rings (SSSR count). The van der Waals surface area contributed by atoms with Crippen LogP contribution in [0.25, 0.3) is 0 Å². The molecule has 2 heterocycles. The van der Waals surface area contributed by atoms with Gasteiger partial charge in [-0.1, -0.05) is 65.7 Å². The Bertz CT molecular complexity index is 1710. The Morgan fingerprint density at radius 1 is 1.05 bits per heavy atom. The number of carbonyl (C=O) groups excluding carboxylic acids is 1. The van der Waals surface area contributed by atoms with Crippen molar-refractivity contribution in [2.24, 2.45) is 0 Å². The van der Waals surface area contributed by atoms with E-state index in [-0.39, 0.29) is 23.8 Å². The van der Waals surface area contributed by atoms with Crippen molar-refractivity contribution in [1.29, 1.82) is 0 Å². The molecule has 1 atom stereocenters. The summed E-state index contributed by atoms with van der Waals surface area (Å²) < 4.78 is 17.7. The first-order chi connectivity index (χ1) is 19.7. The van der Waals surface area contributed by atoms with Crippen LogP contribution >= 0.6 is 35.4 Å². The molecular weight excluding hydrogens is 583 g/mol. The molecule has 11 heteroatoms. The van der Waals surface area contributed by atoms with E-state index in [1.165, 1.54) is 0 Å². The molecule has 1 aliphatic rings. The highest BCUT2D eigenvalue weighted by Gasteiger charge is 2.36. The molecule has 0 fully saturated rings. The van der Waals surface area contributed by atoms with Gasteiger partial charge in [0.15, 0.2) is 16.3 Å². The number of hydrogen-bond acceptors (Lipinski definition) is 8. The first-order valence-corrected chi connectivity index (χ1v) is 13.7. The zero-order chi connectivity index (χ0) is 29.1. The molecule has 210 valence electrons. The van der Waals surface area contributed by atoms with Gasteiger partial charge in [0.05, 0.1) is 18.6 Å². The van der Waals surface area contributed by atoms with Crippen LogP contribution in [0.1, 0.15) is 35.1 Å². The van der Waals surface area contributed by atoms with E-state index in [1.807, 2.05) is 36.4 Å². The minimum absolute atomic E-state index is 0.115. The van der Waals surface area contributed by atoms with Crippen LogP contribution in [0.2, 0.25) is 10.0 Å². The van der Waals surface area contributed by atoms with Crippen LogP contribution in [0.4, 0.5) is 11.6 Å².